The lowest BCUT2D eigenvalue weighted by Crippen LogP contribution is -2.22. The Balaban J connectivity index is 0.00000106. The van der Waals surface area contributed by atoms with E-state index in [4.69, 9.17) is 4.74 Å². The van der Waals surface area contributed by atoms with E-state index in [2.05, 4.69) is 13.2 Å². The second-order valence-electron chi connectivity index (χ2n) is 8.31. The van der Waals surface area contributed by atoms with Gasteiger partial charge in [-0.1, -0.05) is 19.9 Å². The van der Waals surface area contributed by atoms with Gasteiger partial charge in [0.25, 0.3) is 0 Å². The highest BCUT2D eigenvalue weighted by Gasteiger charge is 2.25. The highest BCUT2D eigenvalue weighted by Crippen LogP contribution is 2.40. The maximum atomic E-state index is 9.95. The van der Waals surface area contributed by atoms with E-state index in [1.165, 1.54) is 24.8 Å². The number of benzene rings is 1. The summed E-state index contributed by atoms with van der Waals surface area (Å²) < 4.78 is 6.11. The van der Waals surface area contributed by atoms with Crippen LogP contribution in [0.25, 0.3) is 0 Å². The van der Waals surface area contributed by atoms with Crippen LogP contribution in [-0.4, -0.2) is 34.1 Å². The van der Waals surface area contributed by atoms with Crippen LogP contribution >= 0.6 is 0 Å². The quantitative estimate of drug-likeness (QED) is 0.275. The van der Waals surface area contributed by atoms with Crippen molar-refractivity contribution >= 4 is 0 Å². The molecule has 0 radical (unpaired) electrons. The Morgan fingerprint density at radius 1 is 0.933 bits per heavy atom. The Morgan fingerprint density at radius 2 is 1.53 bits per heavy atom. The standard InChI is InChI=1S/C22H34O4.C2H6.C2H4/c1-15-20(12-13-21(24)22(15)25)17-6-10-19(11-7-17)26-14-2-3-16-4-8-18(23)9-5-16;2*1-2/h12-13,16-19,23-25H,2-11,14H2,1H3;1-2H3;1-2H2. The van der Waals surface area contributed by atoms with Gasteiger partial charge in [-0.25, -0.2) is 0 Å². The van der Waals surface area contributed by atoms with Gasteiger partial charge in [0.05, 0.1) is 12.2 Å². The van der Waals surface area contributed by atoms with Crippen LogP contribution in [0.15, 0.2) is 25.3 Å². The van der Waals surface area contributed by atoms with Crippen LogP contribution in [0.5, 0.6) is 11.5 Å². The Hall–Kier alpha value is -1.52. The molecule has 0 bridgehead atoms. The molecule has 2 aliphatic carbocycles. The average molecular weight is 421 g/mol. The molecule has 172 valence electrons. The first-order valence-electron chi connectivity index (χ1n) is 11.9. The highest BCUT2D eigenvalue weighted by atomic mass is 16.5. The number of aliphatic hydroxyl groups excluding tert-OH is 1. The summed E-state index contributed by atoms with van der Waals surface area (Å²) in [5, 5.41) is 29.1. The summed E-state index contributed by atoms with van der Waals surface area (Å²) in [6, 6.07) is 3.56. The minimum atomic E-state index is -0.0585. The molecule has 2 fully saturated rings. The van der Waals surface area contributed by atoms with Crippen molar-refractivity contribution in [3.05, 3.63) is 36.4 Å². The third kappa shape index (κ3) is 7.96. The maximum Gasteiger partial charge on any atom is 0.160 e. The maximum absolute atomic E-state index is 9.95. The van der Waals surface area contributed by atoms with Crippen molar-refractivity contribution < 1.29 is 20.1 Å². The van der Waals surface area contributed by atoms with Crippen molar-refractivity contribution in [2.45, 2.75) is 103 Å². The Labute approximate surface area is 184 Å². The van der Waals surface area contributed by atoms with Gasteiger partial charge in [-0.15, -0.1) is 13.2 Å². The summed E-state index contributed by atoms with van der Waals surface area (Å²) in [5.41, 5.74) is 1.98. The molecule has 4 nitrogen and oxygen atoms in total. The van der Waals surface area contributed by atoms with Crippen molar-refractivity contribution in [3.63, 3.8) is 0 Å². The van der Waals surface area contributed by atoms with Crippen LogP contribution in [0, 0.1) is 12.8 Å². The van der Waals surface area contributed by atoms with Gasteiger partial charge in [-0.3, -0.25) is 0 Å². The predicted molar refractivity (Wildman–Crippen MR) is 125 cm³/mol. The molecule has 0 aliphatic heterocycles. The fourth-order valence-corrected chi connectivity index (χ4v) is 4.74. The molecule has 2 aliphatic rings. The van der Waals surface area contributed by atoms with E-state index < -0.39 is 0 Å². The summed E-state index contributed by atoms with van der Waals surface area (Å²) in [5.74, 6) is 1.23. The van der Waals surface area contributed by atoms with Crippen molar-refractivity contribution in [3.8, 4) is 11.5 Å². The molecular weight excluding hydrogens is 376 g/mol. The molecule has 2 saturated carbocycles. The lowest BCUT2D eigenvalue weighted by Gasteiger charge is -2.30. The molecule has 1 aromatic carbocycles. The number of phenolic OH excluding ortho intramolecular Hbond substituents is 2. The fourth-order valence-electron chi connectivity index (χ4n) is 4.74. The van der Waals surface area contributed by atoms with Crippen LogP contribution in [0.3, 0.4) is 0 Å². The van der Waals surface area contributed by atoms with Crippen LogP contribution in [0.1, 0.15) is 95.1 Å². The lowest BCUT2D eigenvalue weighted by atomic mass is 9.81. The lowest BCUT2D eigenvalue weighted by molar-refractivity contribution is 0.0195. The molecule has 0 aromatic heterocycles. The van der Waals surface area contributed by atoms with E-state index in [9.17, 15) is 15.3 Å². The van der Waals surface area contributed by atoms with Crippen molar-refractivity contribution in [2.75, 3.05) is 6.61 Å². The van der Waals surface area contributed by atoms with Crippen LogP contribution in [0.4, 0.5) is 0 Å². The number of hydrogen-bond acceptors (Lipinski definition) is 4. The van der Waals surface area contributed by atoms with Crippen LogP contribution < -0.4 is 0 Å². The monoisotopic (exact) mass is 420 g/mol. The summed E-state index contributed by atoms with van der Waals surface area (Å²) >= 11 is 0. The third-order valence-electron chi connectivity index (χ3n) is 6.49. The zero-order chi connectivity index (χ0) is 22.5. The molecule has 3 rings (SSSR count). The van der Waals surface area contributed by atoms with Crippen LogP contribution in [-0.2, 0) is 4.74 Å². The van der Waals surface area contributed by atoms with Gasteiger partial charge in [0.1, 0.15) is 0 Å². The molecule has 0 saturated heterocycles. The minimum Gasteiger partial charge on any atom is -0.504 e. The van der Waals surface area contributed by atoms with Gasteiger partial charge in [-0.05, 0) is 100 Å². The van der Waals surface area contributed by atoms with Crippen molar-refractivity contribution in [2.24, 2.45) is 5.92 Å². The molecule has 30 heavy (non-hydrogen) atoms. The molecule has 0 amide bonds. The zero-order valence-electron chi connectivity index (χ0n) is 19.4. The second kappa shape index (κ2) is 14.5. The third-order valence-corrected chi connectivity index (χ3v) is 6.49. The normalized spacial score (nSPS) is 26.0. The summed E-state index contributed by atoms with van der Waals surface area (Å²) in [6.07, 6.45) is 11.3. The topological polar surface area (TPSA) is 69.9 Å². The molecule has 0 heterocycles. The smallest absolute Gasteiger partial charge is 0.160 e. The number of phenols is 2. The van der Waals surface area contributed by atoms with Gasteiger partial charge in [-0.2, -0.15) is 0 Å². The van der Waals surface area contributed by atoms with E-state index in [-0.39, 0.29) is 17.6 Å². The van der Waals surface area contributed by atoms with Crippen molar-refractivity contribution in [1.82, 2.24) is 0 Å². The van der Waals surface area contributed by atoms with E-state index in [0.29, 0.717) is 12.0 Å². The van der Waals surface area contributed by atoms with E-state index in [0.717, 1.165) is 63.0 Å². The minimum absolute atomic E-state index is 0.0242. The molecule has 0 unspecified atom stereocenters. The first-order chi connectivity index (χ1) is 14.5. The van der Waals surface area contributed by atoms with Crippen LogP contribution in [0.2, 0.25) is 0 Å². The second-order valence-corrected chi connectivity index (χ2v) is 8.31. The SMILES string of the molecule is C=C.CC.Cc1c(C2CCC(OCCCC3CCC(O)CC3)CC2)ccc(O)c1O. The molecule has 3 N–H and O–H groups in total. The summed E-state index contributed by atoms with van der Waals surface area (Å²) in [4.78, 5) is 0. The number of hydrogen-bond donors (Lipinski definition) is 3. The van der Waals surface area contributed by atoms with E-state index in [1.807, 2.05) is 26.8 Å². The Bertz CT molecular complexity index is 585. The Morgan fingerprint density at radius 3 is 2.13 bits per heavy atom. The Kier molecular flexibility index (Phi) is 12.8. The highest BCUT2D eigenvalue weighted by molar-refractivity contribution is 5.49. The molecule has 4 heteroatoms. The molecule has 1 aromatic rings. The van der Waals surface area contributed by atoms with Gasteiger partial charge in [0.2, 0.25) is 0 Å². The van der Waals surface area contributed by atoms with Gasteiger partial charge in [0, 0.05) is 6.61 Å². The van der Waals surface area contributed by atoms with Gasteiger partial charge < -0.3 is 20.1 Å². The van der Waals surface area contributed by atoms with Crippen molar-refractivity contribution in [1.29, 1.82) is 0 Å². The zero-order valence-corrected chi connectivity index (χ0v) is 19.4. The molecular formula is C26H44O4. The largest absolute Gasteiger partial charge is 0.504 e. The average Bonchev–Trinajstić information content (AvgIpc) is 2.80. The van der Waals surface area contributed by atoms with E-state index >= 15 is 0 Å². The van der Waals surface area contributed by atoms with Gasteiger partial charge >= 0.3 is 0 Å². The summed E-state index contributed by atoms with van der Waals surface area (Å²) in [6.45, 7) is 12.7. The first-order valence-corrected chi connectivity index (χ1v) is 11.9. The summed E-state index contributed by atoms with van der Waals surface area (Å²) in [7, 11) is 0. The number of ether oxygens (including phenoxy) is 1. The first kappa shape index (κ1) is 26.5. The molecule has 0 spiro atoms. The van der Waals surface area contributed by atoms with E-state index in [1.54, 1.807) is 6.07 Å². The molecule has 0 atom stereocenters. The number of rotatable bonds is 6. The fraction of sp³-hybridized carbons (Fsp3) is 0.692. The predicted octanol–water partition coefficient (Wildman–Crippen LogP) is 6.61. The van der Waals surface area contributed by atoms with Gasteiger partial charge in [0.15, 0.2) is 11.5 Å². The number of aliphatic hydroxyl groups is 1. The number of aromatic hydroxyl groups is 2.